The summed E-state index contributed by atoms with van der Waals surface area (Å²) in [5.41, 5.74) is 1.34. The number of ether oxygens (including phenoxy) is 1. The van der Waals surface area contributed by atoms with Crippen molar-refractivity contribution in [2.24, 2.45) is 0 Å². The van der Waals surface area contributed by atoms with Crippen LogP contribution in [0.5, 0.6) is 5.75 Å². The van der Waals surface area contributed by atoms with E-state index in [0.717, 1.165) is 17.2 Å². The van der Waals surface area contributed by atoms with Gasteiger partial charge in [0.1, 0.15) is 5.75 Å². The minimum atomic E-state index is 0.549. The molecule has 0 aliphatic carbocycles. The lowest BCUT2D eigenvalue weighted by Crippen LogP contribution is -1.83. The molecule has 0 amide bonds. The zero-order valence-corrected chi connectivity index (χ0v) is 8.26. The molecule has 1 aromatic heterocycles. The van der Waals surface area contributed by atoms with Crippen LogP contribution in [0.3, 0.4) is 0 Å². The van der Waals surface area contributed by atoms with Crippen LogP contribution in [0.25, 0.3) is 10.9 Å². The molecule has 0 aliphatic rings. The fourth-order valence-electron chi connectivity index (χ4n) is 1.40. The molecular weight excluding hydrogens is 202 g/mol. The number of hydrogen-bond donors (Lipinski definition) is 1. The van der Waals surface area contributed by atoms with E-state index in [1.165, 1.54) is 0 Å². The smallest absolute Gasteiger partial charge is 0.152 e. The third-order valence-electron chi connectivity index (χ3n) is 2.11. The summed E-state index contributed by atoms with van der Waals surface area (Å²) in [7, 11) is 1.56. The van der Waals surface area contributed by atoms with Gasteiger partial charge < -0.3 is 9.72 Å². The van der Waals surface area contributed by atoms with E-state index in [2.05, 4.69) is 4.98 Å². The van der Waals surface area contributed by atoms with Crippen molar-refractivity contribution in [1.29, 1.82) is 0 Å². The third kappa shape index (κ3) is 1.26. The van der Waals surface area contributed by atoms with Gasteiger partial charge in [-0.3, -0.25) is 4.79 Å². The number of fused-ring (bicyclic) bond motifs is 1. The number of aromatic amines is 1. The summed E-state index contributed by atoms with van der Waals surface area (Å²) < 4.78 is 5.06. The minimum absolute atomic E-state index is 0.549. The van der Waals surface area contributed by atoms with Crippen molar-refractivity contribution in [3.05, 3.63) is 28.9 Å². The number of nitrogens with one attached hydrogen (secondary N) is 1. The molecule has 14 heavy (non-hydrogen) atoms. The first kappa shape index (κ1) is 9.09. The third-order valence-corrected chi connectivity index (χ3v) is 2.41. The van der Waals surface area contributed by atoms with Gasteiger partial charge in [-0.1, -0.05) is 11.6 Å². The maximum Gasteiger partial charge on any atom is 0.152 e. The van der Waals surface area contributed by atoms with Gasteiger partial charge in [-0.15, -0.1) is 0 Å². The lowest BCUT2D eigenvalue weighted by Gasteiger charge is -2.01. The van der Waals surface area contributed by atoms with E-state index in [9.17, 15) is 4.79 Å². The molecule has 0 fully saturated rings. The Bertz CT molecular complexity index is 490. The predicted octanol–water partition coefficient (Wildman–Crippen LogP) is 2.64. The number of H-pyrrole nitrogens is 1. The molecule has 3 nitrogen and oxygen atoms in total. The van der Waals surface area contributed by atoms with E-state index in [-0.39, 0.29) is 0 Å². The zero-order valence-electron chi connectivity index (χ0n) is 7.50. The van der Waals surface area contributed by atoms with Gasteiger partial charge in [0, 0.05) is 23.2 Å². The summed E-state index contributed by atoms with van der Waals surface area (Å²) >= 11 is 5.98. The quantitative estimate of drug-likeness (QED) is 0.773. The van der Waals surface area contributed by atoms with Crippen LogP contribution < -0.4 is 4.74 Å². The summed E-state index contributed by atoms with van der Waals surface area (Å²) in [5.74, 6) is 0.644. The topological polar surface area (TPSA) is 42.1 Å². The number of carbonyl (C=O) groups is 1. The van der Waals surface area contributed by atoms with E-state index in [1.807, 2.05) is 0 Å². The first-order valence-electron chi connectivity index (χ1n) is 4.06. The average Bonchev–Trinajstić information content (AvgIpc) is 2.61. The molecule has 2 aromatic rings. The second kappa shape index (κ2) is 3.35. The lowest BCUT2D eigenvalue weighted by atomic mass is 10.2. The van der Waals surface area contributed by atoms with Crippen molar-refractivity contribution < 1.29 is 9.53 Å². The average molecular weight is 210 g/mol. The van der Waals surface area contributed by atoms with Gasteiger partial charge in [-0.25, -0.2) is 0 Å². The molecule has 0 aliphatic heterocycles. The predicted molar refractivity (Wildman–Crippen MR) is 55.2 cm³/mol. The fourth-order valence-corrected chi connectivity index (χ4v) is 1.66. The van der Waals surface area contributed by atoms with Crippen molar-refractivity contribution in [3.63, 3.8) is 0 Å². The van der Waals surface area contributed by atoms with Crippen LogP contribution in [0.2, 0.25) is 5.02 Å². The van der Waals surface area contributed by atoms with E-state index in [0.29, 0.717) is 16.3 Å². The van der Waals surface area contributed by atoms with Gasteiger partial charge >= 0.3 is 0 Å². The maximum atomic E-state index is 10.7. The van der Waals surface area contributed by atoms with Crippen LogP contribution in [-0.4, -0.2) is 18.4 Å². The summed E-state index contributed by atoms with van der Waals surface area (Å²) in [5, 5.41) is 1.33. The van der Waals surface area contributed by atoms with Crippen molar-refractivity contribution >= 4 is 28.8 Å². The van der Waals surface area contributed by atoms with Crippen molar-refractivity contribution in [2.45, 2.75) is 0 Å². The molecule has 0 spiro atoms. The highest BCUT2D eigenvalue weighted by Crippen LogP contribution is 2.29. The molecule has 2 rings (SSSR count). The number of carbonyl (C=O) groups excluding carboxylic acids is 1. The van der Waals surface area contributed by atoms with Gasteiger partial charge in [-0.05, 0) is 6.07 Å². The molecule has 0 saturated carbocycles. The van der Waals surface area contributed by atoms with Crippen LogP contribution in [0.1, 0.15) is 10.4 Å². The Morgan fingerprint density at radius 3 is 2.93 bits per heavy atom. The lowest BCUT2D eigenvalue weighted by molar-refractivity contribution is 0.112. The molecule has 0 bridgehead atoms. The Balaban J connectivity index is 2.79. The Kier molecular flexibility index (Phi) is 2.17. The standard InChI is InChI=1S/C10H8ClNO2/c1-14-7-2-8-6(5-13)4-12-10(8)9(11)3-7/h2-5,12H,1H3. The molecule has 1 N–H and O–H groups in total. The van der Waals surface area contributed by atoms with E-state index >= 15 is 0 Å². The SMILES string of the molecule is COc1cc(Cl)c2[nH]cc(C=O)c2c1. The van der Waals surface area contributed by atoms with Crippen LogP contribution in [0.4, 0.5) is 0 Å². The number of aldehydes is 1. The molecule has 0 atom stereocenters. The molecular formula is C10H8ClNO2. The highest BCUT2D eigenvalue weighted by Gasteiger charge is 2.08. The Labute approximate surface area is 85.6 Å². The summed E-state index contributed by atoms with van der Waals surface area (Å²) in [6, 6.07) is 3.48. The Morgan fingerprint density at radius 2 is 2.29 bits per heavy atom. The molecule has 1 heterocycles. The van der Waals surface area contributed by atoms with Crippen LogP contribution in [0.15, 0.2) is 18.3 Å². The summed E-state index contributed by atoms with van der Waals surface area (Å²) in [4.78, 5) is 13.6. The van der Waals surface area contributed by atoms with Crippen LogP contribution in [-0.2, 0) is 0 Å². The normalized spacial score (nSPS) is 10.4. The highest BCUT2D eigenvalue weighted by atomic mass is 35.5. The highest BCUT2D eigenvalue weighted by molar-refractivity contribution is 6.35. The number of hydrogen-bond acceptors (Lipinski definition) is 2. The first-order chi connectivity index (χ1) is 6.76. The van der Waals surface area contributed by atoms with Gasteiger partial charge in [0.25, 0.3) is 0 Å². The maximum absolute atomic E-state index is 10.7. The molecule has 0 radical (unpaired) electrons. The molecule has 0 unspecified atom stereocenters. The zero-order chi connectivity index (χ0) is 10.1. The minimum Gasteiger partial charge on any atom is -0.497 e. The Morgan fingerprint density at radius 1 is 1.50 bits per heavy atom. The van der Waals surface area contributed by atoms with Crippen LogP contribution >= 0.6 is 11.6 Å². The number of aromatic nitrogens is 1. The Hall–Kier alpha value is -1.48. The second-order valence-corrected chi connectivity index (χ2v) is 3.30. The number of benzene rings is 1. The van der Waals surface area contributed by atoms with Crippen molar-refractivity contribution in [3.8, 4) is 5.75 Å². The molecule has 0 saturated heterocycles. The second-order valence-electron chi connectivity index (χ2n) is 2.89. The number of methoxy groups -OCH3 is 1. The van der Waals surface area contributed by atoms with Crippen LogP contribution in [0, 0.1) is 0 Å². The molecule has 4 heteroatoms. The van der Waals surface area contributed by atoms with Gasteiger partial charge in [0.05, 0.1) is 17.6 Å². The molecule has 72 valence electrons. The summed E-state index contributed by atoms with van der Waals surface area (Å²) in [6.45, 7) is 0. The largest absolute Gasteiger partial charge is 0.497 e. The number of halogens is 1. The monoisotopic (exact) mass is 209 g/mol. The van der Waals surface area contributed by atoms with Gasteiger partial charge in [-0.2, -0.15) is 0 Å². The van der Waals surface area contributed by atoms with E-state index in [1.54, 1.807) is 25.4 Å². The van der Waals surface area contributed by atoms with Gasteiger partial charge in [0.15, 0.2) is 6.29 Å². The van der Waals surface area contributed by atoms with Crippen molar-refractivity contribution in [1.82, 2.24) is 4.98 Å². The summed E-state index contributed by atoms with van der Waals surface area (Å²) in [6.07, 6.45) is 2.41. The molecule has 1 aromatic carbocycles. The fraction of sp³-hybridized carbons (Fsp3) is 0.100. The van der Waals surface area contributed by atoms with E-state index in [4.69, 9.17) is 16.3 Å². The van der Waals surface area contributed by atoms with Crippen molar-refractivity contribution in [2.75, 3.05) is 7.11 Å². The number of rotatable bonds is 2. The van der Waals surface area contributed by atoms with E-state index < -0.39 is 0 Å². The van der Waals surface area contributed by atoms with Gasteiger partial charge in [0.2, 0.25) is 0 Å². The first-order valence-corrected chi connectivity index (χ1v) is 4.44.